The Morgan fingerprint density at radius 2 is 1.34 bits per heavy atom. The zero-order valence-electron chi connectivity index (χ0n) is 30.8. The molecule has 0 radical (unpaired) electrons. The highest BCUT2D eigenvalue weighted by Crippen LogP contribution is 2.44. The molecule has 0 saturated carbocycles. The molecular formula is C52H39N3O. The van der Waals surface area contributed by atoms with Gasteiger partial charge < -0.3 is 14.6 Å². The van der Waals surface area contributed by atoms with Crippen molar-refractivity contribution < 1.29 is 4.74 Å². The minimum atomic E-state index is -0.206. The summed E-state index contributed by atoms with van der Waals surface area (Å²) in [6.07, 6.45) is 16.3. The zero-order chi connectivity index (χ0) is 37.0. The van der Waals surface area contributed by atoms with E-state index in [4.69, 9.17) is 9.73 Å². The van der Waals surface area contributed by atoms with Crippen LogP contribution < -0.4 is 10.1 Å². The Labute approximate surface area is 327 Å². The third kappa shape index (κ3) is 5.65. The van der Waals surface area contributed by atoms with E-state index in [9.17, 15) is 0 Å². The first-order chi connectivity index (χ1) is 27.7. The number of allylic oxidation sites excluding steroid dienone is 4. The minimum absolute atomic E-state index is 0.0604. The lowest BCUT2D eigenvalue weighted by Gasteiger charge is -2.28. The van der Waals surface area contributed by atoms with Gasteiger partial charge in [-0.15, -0.1) is 0 Å². The van der Waals surface area contributed by atoms with Gasteiger partial charge in [0.25, 0.3) is 0 Å². The molecule has 11 rings (SSSR count). The molecule has 3 heterocycles. The molecular weight excluding hydrogens is 683 g/mol. The largest absolute Gasteiger partial charge is 0.485 e. The number of benzene rings is 6. The lowest BCUT2D eigenvalue weighted by atomic mass is 9.87. The molecule has 6 aromatic carbocycles. The highest BCUT2D eigenvalue weighted by atomic mass is 16.5. The number of aliphatic imine (C=N–C) groups is 1. The number of aromatic nitrogens is 1. The molecule has 4 aliphatic rings. The van der Waals surface area contributed by atoms with E-state index in [0.29, 0.717) is 0 Å². The fourth-order valence-electron chi connectivity index (χ4n) is 8.93. The second-order valence-electron chi connectivity index (χ2n) is 15.1. The molecule has 4 unspecified atom stereocenters. The Morgan fingerprint density at radius 3 is 2.20 bits per heavy atom. The van der Waals surface area contributed by atoms with Crippen LogP contribution >= 0.6 is 0 Å². The van der Waals surface area contributed by atoms with Crippen molar-refractivity contribution in [3.63, 3.8) is 0 Å². The Morgan fingerprint density at radius 1 is 0.625 bits per heavy atom. The third-order valence-corrected chi connectivity index (χ3v) is 11.7. The lowest BCUT2D eigenvalue weighted by molar-refractivity contribution is 0.269. The van der Waals surface area contributed by atoms with E-state index in [1.807, 2.05) is 0 Å². The Hall–Kier alpha value is -6.91. The maximum Gasteiger partial charge on any atom is 0.145 e. The summed E-state index contributed by atoms with van der Waals surface area (Å²) in [5.74, 6) is 1.30. The molecule has 2 aliphatic carbocycles. The zero-order valence-corrected chi connectivity index (χ0v) is 30.8. The molecule has 4 nitrogen and oxygen atoms in total. The van der Waals surface area contributed by atoms with Gasteiger partial charge in [-0.05, 0) is 75.9 Å². The van der Waals surface area contributed by atoms with Gasteiger partial charge in [-0.1, -0.05) is 152 Å². The first-order valence-electron chi connectivity index (χ1n) is 19.6. The summed E-state index contributed by atoms with van der Waals surface area (Å²) >= 11 is 0. The van der Waals surface area contributed by atoms with Crippen LogP contribution in [0.1, 0.15) is 40.0 Å². The number of hydrogen-bond acceptors (Lipinski definition) is 3. The van der Waals surface area contributed by atoms with Gasteiger partial charge in [-0.3, -0.25) is 4.99 Å². The van der Waals surface area contributed by atoms with Crippen LogP contribution in [0.3, 0.4) is 0 Å². The van der Waals surface area contributed by atoms with Crippen LogP contribution in [0.2, 0.25) is 0 Å². The van der Waals surface area contributed by atoms with Crippen LogP contribution in [0.4, 0.5) is 0 Å². The molecule has 7 aromatic rings. The van der Waals surface area contributed by atoms with Gasteiger partial charge >= 0.3 is 0 Å². The van der Waals surface area contributed by atoms with Gasteiger partial charge in [0.05, 0.1) is 5.52 Å². The molecule has 0 amide bonds. The van der Waals surface area contributed by atoms with Crippen LogP contribution in [0.25, 0.3) is 50.6 Å². The van der Waals surface area contributed by atoms with Gasteiger partial charge in [0, 0.05) is 57.6 Å². The molecule has 4 atom stereocenters. The highest BCUT2D eigenvalue weighted by molar-refractivity contribution is 6.06. The maximum atomic E-state index is 6.34. The van der Waals surface area contributed by atoms with Gasteiger partial charge in [-0.2, -0.15) is 0 Å². The average Bonchev–Trinajstić information content (AvgIpc) is 3.82. The topological polar surface area (TPSA) is 38.5 Å². The normalized spacial score (nSPS) is 20.4. The van der Waals surface area contributed by atoms with E-state index in [2.05, 4.69) is 204 Å². The van der Waals surface area contributed by atoms with Gasteiger partial charge in [0.15, 0.2) is 0 Å². The van der Waals surface area contributed by atoms with Crippen molar-refractivity contribution in [1.82, 2.24) is 9.88 Å². The van der Waals surface area contributed by atoms with E-state index in [1.54, 1.807) is 0 Å². The van der Waals surface area contributed by atoms with Crippen molar-refractivity contribution in [2.45, 2.75) is 24.6 Å². The smallest absolute Gasteiger partial charge is 0.145 e. The molecule has 1 aromatic heterocycles. The number of nitrogens with zero attached hydrogens (tertiary/aromatic N) is 2. The van der Waals surface area contributed by atoms with Crippen LogP contribution in [0.5, 0.6) is 5.75 Å². The number of para-hydroxylation sites is 1. The summed E-state index contributed by atoms with van der Waals surface area (Å²) < 4.78 is 8.82. The predicted molar refractivity (Wildman–Crippen MR) is 230 cm³/mol. The Bertz CT molecular complexity index is 2790. The molecule has 268 valence electrons. The summed E-state index contributed by atoms with van der Waals surface area (Å²) in [6.45, 7) is 0. The van der Waals surface area contributed by atoms with Crippen molar-refractivity contribution in [3.05, 3.63) is 216 Å². The summed E-state index contributed by atoms with van der Waals surface area (Å²) in [4.78, 5) is 5.43. The average molecular weight is 722 g/mol. The van der Waals surface area contributed by atoms with Gasteiger partial charge in [0.1, 0.15) is 18.0 Å². The van der Waals surface area contributed by atoms with Crippen LogP contribution in [-0.2, 0) is 6.42 Å². The highest BCUT2D eigenvalue weighted by Gasteiger charge is 2.33. The molecule has 0 bridgehead atoms. The number of ether oxygens (including phenoxy) is 1. The quantitative estimate of drug-likeness (QED) is 0.186. The number of fused-ring (bicyclic) bond motifs is 6. The molecule has 2 aliphatic heterocycles. The molecule has 1 N–H and O–H groups in total. The van der Waals surface area contributed by atoms with Crippen LogP contribution in [0.15, 0.2) is 193 Å². The standard InChI is InChI=1S/C52H39N3O/c1-3-12-34(13-4-1)35-22-24-36(25-23-35)38-16-11-17-39(30-38)46-33-47(54-52(53-46)37-14-5-2-6-15-37)40-26-28-43-42-18-7-9-20-48(42)55(49(43)31-40)41-27-29-51-45(32-41)44-19-8-10-21-50(44)56-51/h1-30,32-33,40,44,50,52-53H,31H2. The van der Waals surface area contributed by atoms with Crippen LogP contribution in [0, 0.1) is 5.92 Å². The second-order valence-corrected chi connectivity index (χ2v) is 15.1. The van der Waals surface area contributed by atoms with E-state index >= 15 is 0 Å². The molecule has 0 fully saturated rings. The van der Waals surface area contributed by atoms with Crippen molar-refractivity contribution >= 4 is 28.4 Å². The first kappa shape index (κ1) is 32.5. The predicted octanol–water partition coefficient (Wildman–Crippen LogP) is 11.9. The first-order valence-corrected chi connectivity index (χ1v) is 19.6. The van der Waals surface area contributed by atoms with E-state index < -0.39 is 0 Å². The molecule has 56 heavy (non-hydrogen) atoms. The number of hydrogen-bond donors (Lipinski definition) is 1. The Kier molecular flexibility index (Phi) is 7.80. The summed E-state index contributed by atoms with van der Waals surface area (Å²) in [6, 6.07) is 54.4. The van der Waals surface area contributed by atoms with Crippen LogP contribution in [-0.4, -0.2) is 16.4 Å². The summed E-state index contributed by atoms with van der Waals surface area (Å²) in [5, 5.41) is 5.08. The fourth-order valence-corrected chi connectivity index (χ4v) is 8.93. The molecule has 0 saturated heterocycles. The second kappa shape index (κ2) is 13.4. The third-order valence-electron chi connectivity index (χ3n) is 11.7. The lowest BCUT2D eigenvalue weighted by Crippen LogP contribution is -2.28. The number of rotatable bonds is 6. The van der Waals surface area contributed by atoms with Crippen molar-refractivity contribution in [2.75, 3.05) is 0 Å². The van der Waals surface area contributed by atoms with Crippen molar-refractivity contribution in [3.8, 4) is 33.7 Å². The van der Waals surface area contributed by atoms with E-state index in [-0.39, 0.29) is 24.1 Å². The van der Waals surface area contributed by atoms with Crippen molar-refractivity contribution in [2.24, 2.45) is 10.9 Å². The minimum Gasteiger partial charge on any atom is -0.485 e. The summed E-state index contributed by atoms with van der Waals surface area (Å²) in [7, 11) is 0. The summed E-state index contributed by atoms with van der Waals surface area (Å²) in [5.41, 5.74) is 15.5. The Balaban J connectivity index is 0.966. The van der Waals surface area contributed by atoms with E-state index in [0.717, 1.165) is 34.7 Å². The monoisotopic (exact) mass is 721 g/mol. The van der Waals surface area contributed by atoms with Gasteiger partial charge in [-0.25, -0.2) is 0 Å². The molecule has 4 heteroatoms. The maximum absolute atomic E-state index is 6.34. The SMILES string of the molecule is C1=CC2Oc3ccc(-n4c5c(c6ccccc64)C=CC(C4=NC(c6ccccc6)NC(c6cccc(-c7ccc(-c8ccccc8)cc7)c6)=C4)C5)cc3C2C=C1. The fraction of sp³-hybridized carbons (Fsp3) is 0.0962. The van der Waals surface area contributed by atoms with Crippen molar-refractivity contribution in [1.29, 1.82) is 0 Å². The van der Waals surface area contributed by atoms with Gasteiger partial charge in [0.2, 0.25) is 0 Å². The van der Waals surface area contributed by atoms with E-state index in [1.165, 1.54) is 55.7 Å². The number of nitrogens with one attached hydrogen (secondary N) is 1. The molecule has 0 spiro atoms.